The predicted molar refractivity (Wildman–Crippen MR) is 152 cm³/mol. The Hall–Kier alpha value is -2.89. The van der Waals surface area contributed by atoms with Gasteiger partial charge < -0.3 is 0 Å². The lowest BCUT2D eigenvalue weighted by Gasteiger charge is -2.31. The van der Waals surface area contributed by atoms with Gasteiger partial charge in [-0.3, -0.25) is 9.67 Å². The molecule has 2 aliphatic rings. The summed E-state index contributed by atoms with van der Waals surface area (Å²) < 4.78 is 32.2. The Bertz CT molecular complexity index is 1630. The number of rotatable bonds is 6. The number of fused-ring (bicyclic) bond motifs is 1. The van der Waals surface area contributed by atoms with Crippen LogP contribution in [-0.4, -0.2) is 70.6 Å². The molecule has 0 amide bonds. The van der Waals surface area contributed by atoms with E-state index in [2.05, 4.69) is 56.3 Å². The third-order valence-electron chi connectivity index (χ3n) is 7.54. The van der Waals surface area contributed by atoms with E-state index in [-0.39, 0.29) is 10.3 Å². The number of aryl methyl sites for hydroxylation is 2. The van der Waals surface area contributed by atoms with Crippen molar-refractivity contribution in [2.75, 3.05) is 25.4 Å². The van der Waals surface area contributed by atoms with Gasteiger partial charge in [0.15, 0.2) is 0 Å². The van der Waals surface area contributed by atoms with E-state index >= 15 is 0 Å². The number of sulfonamides is 1. The zero-order valence-corrected chi connectivity index (χ0v) is 22.9. The van der Waals surface area contributed by atoms with E-state index in [0.29, 0.717) is 13.1 Å². The molecule has 0 N–H and O–H groups in total. The molecule has 0 spiro atoms. The topological polar surface area (TPSA) is 85.4 Å². The molecule has 4 aromatic rings. The number of hydrogen-bond donors (Lipinski definition) is 0. The number of aliphatic imine (C=N–C) groups is 1. The van der Waals surface area contributed by atoms with Crippen LogP contribution in [0.25, 0.3) is 16.6 Å². The molecule has 190 valence electrons. The summed E-state index contributed by atoms with van der Waals surface area (Å²) in [6.07, 6.45) is 6.40. The summed E-state index contributed by atoms with van der Waals surface area (Å²) in [6.45, 7) is 3.84. The molecular formula is C26H29BN6O2S2. The zero-order chi connectivity index (χ0) is 25.8. The van der Waals surface area contributed by atoms with Crippen LogP contribution in [0, 0.1) is 6.92 Å². The summed E-state index contributed by atoms with van der Waals surface area (Å²) in [5, 5.41) is 11.0. The molecule has 1 atom stereocenters. The summed E-state index contributed by atoms with van der Waals surface area (Å²) in [7, 11) is 0.176. The smallest absolute Gasteiger partial charge is 0.246 e. The Labute approximate surface area is 222 Å². The second kappa shape index (κ2) is 9.14. The van der Waals surface area contributed by atoms with E-state index in [4.69, 9.17) is 10.1 Å². The Kier molecular flexibility index (Phi) is 6.04. The molecule has 6 rings (SSSR count). The number of hydrogen-bond acceptors (Lipinski definition) is 6. The SMILES string of the molecule is Bc1ccc(-n2ncc3cc(C4(CC5=NCCS5)CCN(S(=O)(=O)c5cnn(C)c5)C4)c(C)cc32)cc1. The summed E-state index contributed by atoms with van der Waals surface area (Å²) >= 11 is 1.80. The van der Waals surface area contributed by atoms with E-state index in [1.165, 1.54) is 21.9 Å². The van der Waals surface area contributed by atoms with Crippen molar-refractivity contribution < 1.29 is 8.42 Å². The van der Waals surface area contributed by atoms with Gasteiger partial charge in [-0.1, -0.05) is 17.6 Å². The molecule has 4 heterocycles. The van der Waals surface area contributed by atoms with E-state index in [0.717, 1.165) is 52.3 Å². The first-order chi connectivity index (χ1) is 17.7. The largest absolute Gasteiger partial charge is 0.282 e. The Morgan fingerprint density at radius 2 is 1.95 bits per heavy atom. The van der Waals surface area contributed by atoms with Crippen LogP contribution >= 0.6 is 11.8 Å². The second-order valence-electron chi connectivity index (χ2n) is 10.1. The number of nitrogens with zero attached hydrogens (tertiary/aromatic N) is 6. The fourth-order valence-corrected chi connectivity index (χ4v) is 8.09. The minimum Gasteiger partial charge on any atom is -0.282 e. The summed E-state index contributed by atoms with van der Waals surface area (Å²) in [4.78, 5) is 4.98. The highest BCUT2D eigenvalue weighted by molar-refractivity contribution is 8.14. The van der Waals surface area contributed by atoms with E-state index in [9.17, 15) is 8.42 Å². The van der Waals surface area contributed by atoms with E-state index < -0.39 is 10.0 Å². The van der Waals surface area contributed by atoms with Crippen LogP contribution in [0.15, 0.2) is 64.9 Å². The van der Waals surface area contributed by atoms with Gasteiger partial charge in [-0.25, -0.2) is 13.1 Å². The molecule has 0 saturated carbocycles. The molecule has 0 radical (unpaired) electrons. The Morgan fingerprint density at radius 3 is 2.65 bits per heavy atom. The monoisotopic (exact) mass is 532 g/mol. The normalized spacial score (nSPS) is 20.6. The maximum atomic E-state index is 13.5. The van der Waals surface area contributed by atoms with Gasteiger partial charge in [-0.2, -0.15) is 14.5 Å². The van der Waals surface area contributed by atoms with Gasteiger partial charge in [0.05, 0.1) is 28.6 Å². The van der Waals surface area contributed by atoms with Gasteiger partial charge >= 0.3 is 0 Å². The molecule has 1 saturated heterocycles. The Morgan fingerprint density at radius 1 is 1.14 bits per heavy atom. The van der Waals surface area contributed by atoms with Crippen molar-refractivity contribution in [1.82, 2.24) is 23.9 Å². The number of thioether (sulfide) groups is 1. The lowest BCUT2D eigenvalue weighted by molar-refractivity contribution is 0.426. The van der Waals surface area contributed by atoms with Crippen molar-refractivity contribution in [2.45, 2.75) is 30.1 Å². The lowest BCUT2D eigenvalue weighted by atomic mass is 9.75. The first kappa shape index (κ1) is 24.5. The van der Waals surface area contributed by atoms with Gasteiger partial charge in [0.1, 0.15) is 12.7 Å². The van der Waals surface area contributed by atoms with Crippen LogP contribution in [0.3, 0.4) is 0 Å². The second-order valence-corrected chi connectivity index (χ2v) is 13.2. The number of aromatic nitrogens is 4. The maximum absolute atomic E-state index is 13.5. The molecule has 2 aromatic carbocycles. The minimum atomic E-state index is -3.63. The minimum absolute atomic E-state index is 0.241. The fourth-order valence-electron chi connectivity index (χ4n) is 5.60. The van der Waals surface area contributed by atoms with Crippen LogP contribution in [-0.2, 0) is 22.5 Å². The third kappa shape index (κ3) is 4.32. The molecule has 2 aromatic heterocycles. The van der Waals surface area contributed by atoms with Gasteiger partial charge in [-0.15, -0.1) is 11.8 Å². The van der Waals surface area contributed by atoms with Gasteiger partial charge in [0, 0.05) is 55.9 Å². The van der Waals surface area contributed by atoms with Gasteiger partial charge in [0.25, 0.3) is 0 Å². The van der Waals surface area contributed by atoms with Crippen molar-refractivity contribution >= 4 is 51.0 Å². The van der Waals surface area contributed by atoms with E-state index in [1.54, 1.807) is 29.3 Å². The number of benzene rings is 2. The van der Waals surface area contributed by atoms with Crippen LogP contribution in [0.2, 0.25) is 0 Å². The maximum Gasteiger partial charge on any atom is 0.246 e. The molecule has 0 aliphatic carbocycles. The first-order valence-corrected chi connectivity index (χ1v) is 14.9. The van der Waals surface area contributed by atoms with Gasteiger partial charge in [0.2, 0.25) is 10.0 Å². The average Bonchev–Trinajstić information content (AvgIpc) is 3.67. The van der Waals surface area contributed by atoms with Crippen molar-refractivity contribution in [1.29, 1.82) is 0 Å². The predicted octanol–water partition coefficient (Wildman–Crippen LogP) is 2.19. The molecule has 1 unspecified atom stereocenters. The van der Waals surface area contributed by atoms with Gasteiger partial charge in [-0.05, 0) is 48.7 Å². The zero-order valence-electron chi connectivity index (χ0n) is 21.3. The van der Waals surface area contributed by atoms with Crippen molar-refractivity contribution in [3.63, 3.8) is 0 Å². The fraction of sp³-hybridized carbons (Fsp3) is 0.346. The molecule has 0 bridgehead atoms. The molecule has 11 heteroatoms. The lowest BCUT2D eigenvalue weighted by Crippen LogP contribution is -2.36. The van der Waals surface area contributed by atoms with Crippen molar-refractivity contribution in [2.24, 2.45) is 12.0 Å². The molecule has 1 fully saturated rings. The van der Waals surface area contributed by atoms with Crippen LogP contribution < -0.4 is 5.46 Å². The quantitative estimate of drug-likeness (QED) is 0.356. The van der Waals surface area contributed by atoms with Crippen LogP contribution in [0.5, 0.6) is 0 Å². The average molecular weight is 533 g/mol. The first-order valence-electron chi connectivity index (χ1n) is 12.5. The summed E-state index contributed by atoms with van der Waals surface area (Å²) in [5.41, 5.74) is 5.25. The molecule has 8 nitrogen and oxygen atoms in total. The van der Waals surface area contributed by atoms with Crippen LogP contribution in [0.4, 0.5) is 0 Å². The highest BCUT2D eigenvalue weighted by Gasteiger charge is 2.46. The third-order valence-corrected chi connectivity index (χ3v) is 10.3. The molecular weight excluding hydrogens is 503 g/mol. The van der Waals surface area contributed by atoms with Crippen LogP contribution in [0.1, 0.15) is 24.0 Å². The molecule has 37 heavy (non-hydrogen) atoms. The van der Waals surface area contributed by atoms with Crippen molar-refractivity contribution in [3.05, 3.63) is 66.1 Å². The molecule has 2 aliphatic heterocycles. The highest BCUT2D eigenvalue weighted by atomic mass is 32.2. The van der Waals surface area contributed by atoms with E-state index in [1.807, 2.05) is 10.9 Å². The summed E-state index contributed by atoms with van der Waals surface area (Å²) in [5.74, 6) is 0.991. The highest BCUT2D eigenvalue weighted by Crippen LogP contribution is 2.44. The Balaban J connectivity index is 1.42. The summed E-state index contributed by atoms with van der Waals surface area (Å²) in [6, 6.07) is 12.8. The van der Waals surface area contributed by atoms with Crippen molar-refractivity contribution in [3.8, 4) is 5.69 Å². The standard InChI is InChI=1S/C26H29BN6O2S2/c1-18-11-24-19(14-30-33(24)21-5-3-20(27)4-6-21)12-23(18)26(13-25-28-8-10-36-25)7-9-32(17-26)37(34,35)22-15-29-31(2)16-22/h3-6,11-12,14-16H,7-10,13,17,27H2,1-2H3.